The molecule has 0 fully saturated rings. The Morgan fingerprint density at radius 1 is 1.15 bits per heavy atom. The van der Waals surface area contributed by atoms with Gasteiger partial charge in [0.25, 0.3) is 0 Å². The smallest absolute Gasteiger partial charge is 0.398 e. The van der Waals surface area contributed by atoms with Gasteiger partial charge in [-0.15, -0.1) is 0 Å². The Morgan fingerprint density at radius 3 is 2.45 bits per heavy atom. The maximum absolute atomic E-state index is 12.6. The highest BCUT2D eigenvalue weighted by Crippen LogP contribution is 2.35. The number of pyridine rings is 1. The molecule has 0 bridgehead atoms. The first-order valence-corrected chi connectivity index (χ1v) is 6.24. The van der Waals surface area contributed by atoms with Gasteiger partial charge in [-0.05, 0) is 24.3 Å². The summed E-state index contributed by atoms with van der Waals surface area (Å²) in [5.41, 5.74) is 5.19. The van der Waals surface area contributed by atoms with Gasteiger partial charge in [0.05, 0.1) is 5.56 Å². The van der Waals surface area contributed by atoms with E-state index in [2.05, 4.69) is 4.98 Å². The van der Waals surface area contributed by atoms with Crippen molar-refractivity contribution in [3.63, 3.8) is 0 Å². The minimum absolute atomic E-state index is 0.0137. The second-order valence-corrected chi connectivity index (χ2v) is 4.83. The molecule has 0 aliphatic heterocycles. The third kappa shape index (κ3) is 3.03. The van der Waals surface area contributed by atoms with Gasteiger partial charge in [-0.1, -0.05) is 23.9 Å². The molecule has 0 amide bonds. The second-order valence-electron chi connectivity index (χ2n) is 3.80. The minimum atomic E-state index is -4.55. The molecular formula is C13H8F3N3S. The summed E-state index contributed by atoms with van der Waals surface area (Å²) in [7, 11) is 0. The lowest BCUT2D eigenvalue weighted by Gasteiger charge is -2.09. The molecule has 20 heavy (non-hydrogen) atoms. The van der Waals surface area contributed by atoms with E-state index in [9.17, 15) is 13.2 Å². The first-order chi connectivity index (χ1) is 9.41. The molecule has 2 rings (SSSR count). The first kappa shape index (κ1) is 14.2. The Balaban J connectivity index is 2.45. The SMILES string of the molecule is N#Cc1ccc(C(F)(F)F)nc1Sc1ccccc1N. The van der Waals surface area contributed by atoms with E-state index in [0.717, 1.165) is 23.9 Å². The second kappa shape index (κ2) is 5.43. The van der Waals surface area contributed by atoms with Crippen molar-refractivity contribution in [1.82, 2.24) is 4.98 Å². The highest BCUT2D eigenvalue weighted by Gasteiger charge is 2.33. The average Bonchev–Trinajstić information content (AvgIpc) is 2.40. The van der Waals surface area contributed by atoms with Gasteiger partial charge in [-0.3, -0.25) is 0 Å². The fraction of sp³-hybridized carbons (Fsp3) is 0.0769. The van der Waals surface area contributed by atoms with Crippen LogP contribution in [0, 0.1) is 11.3 Å². The Labute approximate surface area is 117 Å². The predicted octanol–water partition coefficient (Wildman–Crippen LogP) is 3.71. The van der Waals surface area contributed by atoms with E-state index in [1.165, 1.54) is 0 Å². The summed E-state index contributed by atoms with van der Waals surface area (Å²) in [5, 5.41) is 8.93. The summed E-state index contributed by atoms with van der Waals surface area (Å²) in [6.45, 7) is 0. The molecule has 3 nitrogen and oxygen atoms in total. The lowest BCUT2D eigenvalue weighted by Crippen LogP contribution is -2.08. The van der Waals surface area contributed by atoms with Crippen molar-refractivity contribution >= 4 is 17.4 Å². The fourth-order valence-electron chi connectivity index (χ4n) is 1.44. The van der Waals surface area contributed by atoms with Crippen molar-refractivity contribution in [3.8, 4) is 6.07 Å². The summed E-state index contributed by atoms with van der Waals surface area (Å²) in [5.74, 6) is 0. The number of benzene rings is 1. The summed E-state index contributed by atoms with van der Waals surface area (Å²) in [6.07, 6.45) is -4.55. The number of alkyl halides is 3. The van der Waals surface area contributed by atoms with Crippen molar-refractivity contribution in [3.05, 3.63) is 47.7 Å². The monoisotopic (exact) mass is 295 g/mol. The third-order valence-electron chi connectivity index (χ3n) is 2.40. The number of para-hydroxylation sites is 1. The first-order valence-electron chi connectivity index (χ1n) is 5.42. The third-order valence-corrected chi connectivity index (χ3v) is 3.49. The molecule has 102 valence electrons. The Bertz CT molecular complexity index is 677. The van der Waals surface area contributed by atoms with Gasteiger partial charge in [0.1, 0.15) is 16.8 Å². The average molecular weight is 295 g/mol. The van der Waals surface area contributed by atoms with E-state index < -0.39 is 11.9 Å². The van der Waals surface area contributed by atoms with E-state index in [0.29, 0.717) is 10.6 Å². The van der Waals surface area contributed by atoms with Crippen molar-refractivity contribution in [2.45, 2.75) is 16.1 Å². The van der Waals surface area contributed by atoms with Crippen LogP contribution < -0.4 is 5.73 Å². The van der Waals surface area contributed by atoms with Crippen LogP contribution >= 0.6 is 11.8 Å². The normalized spacial score (nSPS) is 11.1. The number of anilines is 1. The molecule has 1 heterocycles. The summed E-state index contributed by atoms with van der Waals surface area (Å²) in [6, 6.07) is 10.4. The zero-order valence-corrected chi connectivity index (χ0v) is 10.8. The van der Waals surface area contributed by atoms with Crippen LogP contribution in [0.4, 0.5) is 18.9 Å². The molecule has 0 atom stereocenters. The van der Waals surface area contributed by atoms with Gasteiger partial charge < -0.3 is 5.73 Å². The fourth-order valence-corrected chi connectivity index (χ4v) is 2.35. The quantitative estimate of drug-likeness (QED) is 0.858. The van der Waals surface area contributed by atoms with Crippen LogP contribution in [0.5, 0.6) is 0 Å². The highest BCUT2D eigenvalue weighted by atomic mass is 32.2. The van der Waals surface area contributed by atoms with E-state index >= 15 is 0 Å². The predicted molar refractivity (Wildman–Crippen MR) is 68.9 cm³/mol. The van der Waals surface area contributed by atoms with E-state index in [4.69, 9.17) is 11.0 Å². The van der Waals surface area contributed by atoms with Crippen molar-refractivity contribution in [2.75, 3.05) is 5.73 Å². The number of hydrogen-bond acceptors (Lipinski definition) is 4. The lowest BCUT2D eigenvalue weighted by molar-refractivity contribution is -0.141. The van der Waals surface area contributed by atoms with Crippen LogP contribution in [0.25, 0.3) is 0 Å². The summed E-state index contributed by atoms with van der Waals surface area (Å²) < 4.78 is 37.9. The summed E-state index contributed by atoms with van der Waals surface area (Å²) in [4.78, 5) is 4.06. The minimum Gasteiger partial charge on any atom is -0.398 e. The maximum Gasteiger partial charge on any atom is 0.433 e. The van der Waals surface area contributed by atoms with Crippen molar-refractivity contribution in [2.24, 2.45) is 0 Å². The van der Waals surface area contributed by atoms with Gasteiger partial charge in [-0.25, -0.2) is 4.98 Å². The topological polar surface area (TPSA) is 62.7 Å². The van der Waals surface area contributed by atoms with E-state index in [-0.39, 0.29) is 10.6 Å². The molecule has 2 N–H and O–H groups in total. The Morgan fingerprint density at radius 2 is 1.85 bits per heavy atom. The number of nitriles is 1. The Kier molecular flexibility index (Phi) is 3.86. The van der Waals surface area contributed by atoms with Gasteiger partial charge in [0, 0.05) is 10.6 Å². The molecule has 1 aromatic carbocycles. The van der Waals surface area contributed by atoms with E-state index in [1.807, 2.05) is 6.07 Å². The molecule has 0 saturated carbocycles. The molecule has 0 aliphatic rings. The number of aromatic nitrogens is 1. The molecule has 0 saturated heterocycles. The molecular weight excluding hydrogens is 287 g/mol. The molecule has 0 spiro atoms. The molecule has 0 aliphatic carbocycles. The molecule has 1 aromatic heterocycles. The molecule has 2 aromatic rings. The van der Waals surface area contributed by atoms with Gasteiger partial charge >= 0.3 is 6.18 Å². The number of rotatable bonds is 2. The van der Waals surface area contributed by atoms with Gasteiger partial charge in [0.15, 0.2) is 0 Å². The van der Waals surface area contributed by atoms with Crippen LogP contribution in [0.2, 0.25) is 0 Å². The zero-order valence-electron chi connectivity index (χ0n) is 9.98. The molecule has 0 radical (unpaired) electrons. The number of nitrogens with two attached hydrogens (primary N) is 1. The lowest BCUT2D eigenvalue weighted by atomic mass is 10.2. The standard InChI is InChI=1S/C13H8F3N3S/c14-13(15,16)11-6-5-8(7-17)12(19-11)20-10-4-2-1-3-9(10)18/h1-6H,18H2. The van der Waals surface area contributed by atoms with E-state index in [1.54, 1.807) is 24.3 Å². The van der Waals surface area contributed by atoms with Crippen molar-refractivity contribution < 1.29 is 13.2 Å². The number of nitrogen functional groups attached to an aromatic ring is 1. The highest BCUT2D eigenvalue weighted by molar-refractivity contribution is 7.99. The number of halogens is 3. The van der Waals surface area contributed by atoms with Crippen LogP contribution in [0.1, 0.15) is 11.3 Å². The molecule has 7 heteroatoms. The van der Waals surface area contributed by atoms with Crippen molar-refractivity contribution in [1.29, 1.82) is 5.26 Å². The van der Waals surface area contributed by atoms with Crippen LogP contribution in [-0.4, -0.2) is 4.98 Å². The largest absolute Gasteiger partial charge is 0.433 e. The van der Waals surface area contributed by atoms with Crippen LogP contribution in [0.3, 0.4) is 0 Å². The molecule has 0 unspecified atom stereocenters. The number of hydrogen-bond donors (Lipinski definition) is 1. The van der Waals surface area contributed by atoms with Crippen LogP contribution in [-0.2, 0) is 6.18 Å². The Hall–Kier alpha value is -2.20. The maximum atomic E-state index is 12.6. The van der Waals surface area contributed by atoms with Gasteiger partial charge in [0.2, 0.25) is 0 Å². The van der Waals surface area contributed by atoms with Gasteiger partial charge in [-0.2, -0.15) is 18.4 Å². The van der Waals surface area contributed by atoms with Crippen LogP contribution in [0.15, 0.2) is 46.3 Å². The number of nitrogens with zero attached hydrogens (tertiary/aromatic N) is 2. The zero-order chi connectivity index (χ0) is 14.8. The summed E-state index contributed by atoms with van der Waals surface area (Å²) >= 11 is 0.937.